The molecule has 0 radical (unpaired) electrons. The summed E-state index contributed by atoms with van der Waals surface area (Å²) in [7, 11) is 0. The Hall–Kier alpha value is -2.36. The number of nitrogens with two attached hydrogens (primary N) is 2. The number of unbranched alkanes of at least 4 members (excludes halogenated alkanes) is 2. The van der Waals surface area contributed by atoms with Crippen LogP contribution < -0.4 is 20.9 Å². The maximum Gasteiger partial charge on any atom is 0.241 e. The third kappa shape index (κ3) is 4.82. The lowest BCUT2D eigenvalue weighted by atomic mass is 10.2. The minimum Gasteiger partial charge on any atom is -0.455 e. The zero-order valence-corrected chi connectivity index (χ0v) is 14.8. The maximum absolute atomic E-state index is 6.13. The molecule has 0 aromatic heterocycles. The summed E-state index contributed by atoms with van der Waals surface area (Å²) in [5.41, 5.74) is 15.4. The van der Waals surface area contributed by atoms with Crippen LogP contribution in [0.3, 0.4) is 0 Å². The number of ether oxygens (including phenoxy) is 2. The van der Waals surface area contributed by atoms with Crippen LogP contribution in [-0.2, 0) is 0 Å². The van der Waals surface area contributed by atoms with Crippen molar-refractivity contribution in [2.24, 2.45) is 0 Å². The molecule has 24 heavy (non-hydrogen) atoms. The third-order valence-corrected chi connectivity index (χ3v) is 4.09. The Kier molecular flexibility index (Phi) is 6.36. The van der Waals surface area contributed by atoms with Gasteiger partial charge in [0.1, 0.15) is 11.5 Å². The molecule has 0 aliphatic carbocycles. The highest BCUT2D eigenvalue weighted by molar-refractivity contribution is 5.57. The van der Waals surface area contributed by atoms with Crippen LogP contribution in [0.1, 0.15) is 43.7 Å². The van der Waals surface area contributed by atoms with Gasteiger partial charge in [0.15, 0.2) is 0 Å². The Bertz CT molecular complexity index is 671. The van der Waals surface area contributed by atoms with Crippen molar-refractivity contribution in [3.63, 3.8) is 0 Å². The fraction of sp³-hybridized carbons (Fsp3) is 0.400. The summed E-state index contributed by atoms with van der Waals surface area (Å²) in [5, 5.41) is 0. The highest BCUT2D eigenvalue weighted by atomic mass is 16.7. The van der Waals surface area contributed by atoms with Gasteiger partial charge in [-0.2, -0.15) is 0 Å². The van der Waals surface area contributed by atoms with E-state index in [1.165, 1.54) is 0 Å². The van der Waals surface area contributed by atoms with Crippen molar-refractivity contribution in [2.45, 2.75) is 52.7 Å². The van der Waals surface area contributed by atoms with Gasteiger partial charge >= 0.3 is 0 Å². The molecular formula is C20H28N2O2. The summed E-state index contributed by atoms with van der Waals surface area (Å²) in [6.07, 6.45) is 3.78. The van der Waals surface area contributed by atoms with E-state index in [1.807, 2.05) is 50.2 Å². The first kappa shape index (κ1) is 18.0. The smallest absolute Gasteiger partial charge is 0.241 e. The second kappa shape index (κ2) is 8.48. The van der Waals surface area contributed by atoms with E-state index in [-0.39, 0.29) is 6.29 Å². The fourth-order valence-corrected chi connectivity index (χ4v) is 2.47. The van der Waals surface area contributed by atoms with E-state index >= 15 is 0 Å². The first-order valence-electron chi connectivity index (χ1n) is 8.55. The SMILES string of the molecule is CCCCCC(Oc1ccc(N)c(C)c1)Oc1cccc(C)c1N. The minimum absolute atomic E-state index is 0.372. The molecule has 2 aromatic rings. The molecule has 4 N–H and O–H groups in total. The first-order valence-corrected chi connectivity index (χ1v) is 8.55. The number of hydrogen-bond acceptors (Lipinski definition) is 4. The van der Waals surface area contributed by atoms with E-state index in [2.05, 4.69) is 6.92 Å². The molecule has 1 unspecified atom stereocenters. The highest BCUT2D eigenvalue weighted by Gasteiger charge is 2.15. The third-order valence-electron chi connectivity index (χ3n) is 4.09. The monoisotopic (exact) mass is 328 g/mol. The molecule has 2 rings (SSSR count). The van der Waals surface area contributed by atoms with E-state index < -0.39 is 0 Å². The molecule has 0 saturated heterocycles. The predicted octanol–water partition coefficient (Wildman–Crippen LogP) is 4.83. The molecule has 4 heteroatoms. The Labute approximate surface area is 144 Å². The zero-order valence-electron chi connectivity index (χ0n) is 14.8. The highest BCUT2D eigenvalue weighted by Crippen LogP contribution is 2.28. The van der Waals surface area contributed by atoms with Gasteiger partial charge in [-0.25, -0.2) is 0 Å². The molecule has 0 aliphatic heterocycles. The number of benzene rings is 2. The van der Waals surface area contributed by atoms with E-state index in [1.54, 1.807) is 0 Å². The van der Waals surface area contributed by atoms with Crippen molar-refractivity contribution < 1.29 is 9.47 Å². The molecule has 4 nitrogen and oxygen atoms in total. The number of anilines is 2. The second-order valence-corrected chi connectivity index (χ2v) is 6.17. The molecule has 0 spiro atoms. The largest absolute Gasteiger partial charge is 0.455 e. The average molecular weight is 328 g/mol. The molecule has 0 fully saturated rings. The topological polar surface area (TPSA) is 70.5 Å². The normalized spacial score (nSPS) is 12.0. The summed E-state index contributed by atoms with van der Waals surface area (Å²) in [6.45, 7) is 6.12. The second-order valence-electron chi connectivity index (χ2n) is 6.17. The summed E-state index contributed by atoms with van der Waals surface area (Å²) in [5.74, 6) is 1.43. The van der Waals surface area contributed by atoms with E-state index in [0.29, 0.717) is 11.4 Å². The fourth-order valence-electron chi connectivity index (χ4n) is 2.47. The Morgan fingerprint density at radius 1 is 0.958 bits per heavy atom. The number of nitrogen functional groups attached to an aromatic ring is 2. The van der Waals surface area contributed by atoms with Gasteiger partial charge in [-0.3, -0.25) is 0 Å². The van der Waals surface area contributed by atoms with Crippen LogP contribution in [0.2, 0.25) is 0 Å². The maximum atomic E-state index is 6.13. The summed E-state index contributed by atoms with van der Waals surface area (Å²) in [6, 6.07) is 11.5. The molecule has 1 atom stereocenters. The number of aryl methyl sites for hydroxylation is 2. The van der Waals surface area contributed by atoms with Crippen LogP contribution >= 0.6 is 0 Å². The van der Waals surface area contributed by atoms with Crippen molar-refractivity contribution >= 4 is 11.4 Å². The van der Waals surface area contributed by atoms with Crippen LogP contribution in [-0.4, -0.2) is 6.29 Å². The molecule has 0 saturated carbocycles. The molecule has 0 heterocycles. The average Bonchev–Trinajstić information content (AvgIpc) is 2.55. The van der Waals surface area contributed by atoms with Crippen LogP contribution in [0.15, 0.2) is 36.4 Å². The quantitative estimate of drug-likeness (QED) is 0.413. The lowest BCUT2D eigenvalue weighted by Crippen LogP contribution is -2.24. The Balaban J connectivity index is 2.14. The number of para-hydroxylation sites is 1. The molecule has 0 amide bonds. The first-order chi connectivity index (χ1) is 11.5. The summed E-state index contributed by atoms with van der Waals surface area (Å²) < 4.78 is 12.1. The van der Waals surface area contributed by atoms with Crippen molar-refractivity contribution in [3.05, 3.63) is 47.5 Å². The lowest BCUT2D eigenvalue weighted by Gasteiger charge is -2.22. The Morgan fingerprint density at radius 2 is 1.75 bits per heavy atom. The van der Waals surface area contributed by atoms with Crippen LogP contribution in [0.25, 0.3) is 0 Å². The minimum atomic E-state index is -0.372. The van der Waals surface area contributed by atoms with Crippen LogP contribution in [0, 0.1) is 13.8 Å². The van der Waals surface area contributed by atoms with Gasteiger partial charge in [0, 0.05) is 12.1 Å². The molecule has 2 aromatic carbocycles. The van der Waals surface area contributed by atoms with Crippen molar-refractivity contribution in [1.29, 1.82) is 0 Å². The molecular weight excluding hydrogens is 300 g/mol. The molecule has 130 valence electrons. The molecule has 0 bridgehead atoms. The number of hydrogen-bond donors (Lipinski definition) is 2. The van der Waals surface area contributed by atoms with Gasteiger partial charge in [0.25, 0.3) is 0 Å². The standard InChI is InChI=1S/C20H28N2O2/c1-4-5-6-10-19(23-16-11-12-17(21)15(3)13-16)24-18-9-7-8-14(2)20(18)22/h7-9,11-13,19H,4-6,10,21-22H2,1-3H3. The Morgan fingerprint density at radius 3 is 2.46 bits per heavy atom. The summed E-state index contributed by atoms with van der Waals surface area (Å²) in [4.78, 5) is 0. The predicted molar refractivity (Wildman–Crippen MR) is 100 cm³/mol. The van der Waals surface area contributed by atoms with E-state index in [9.17, 15) is 0 Å². The molecule has 0 aliphatic rings. The lowest BCUT2D eigenvalue weighted by molar-refractivity contribution is -0.00185. The van der Waals surface area contributed by atoms with Gasteiger partial charge in [0.2, 0.25) is 6.29 Å². The van der Waals surface area contributed by atoms with E-state index in [4.69, 9.17) is 20.9 Å². The van der Waals surface area contributed by atoms with Gasteiger partial charge in [-0.05, 0) is 55.7 Å². The van der Waals surface area contributed by atoms with Crippen LogP contribution in [0.5, 0.6) is 11.5 Å². The number of rotatable bonds is 8. The van der Waals surface area contributed by atoms with Crippen LogP contribution in [0.4, 0.5) is 11.4 Å². The van der Waals surface area contributed by atoms with Gasteiger partial charge in [-0.1, -0.05) is 31.9 Å². The zero-order chi connectivity index (χ0) is 17.5. The van der Waals surface area contributed by atoms with Crippen molar-refractivity contribution in [3.8, 4) is 11.5 Å². The van der Waals surface area contributed by atoms with Crippen molar-refractivity contribution in [1.82, 2.24) is 0 Å². The van der Waals surface area contributed by atoms with Gasteiger partial charge < -0.3 is 20.9 Å². The van der Waals surface area contributed by atoms with Crippen molar-refractivity contribution in [2.75, 3.05) is 11.5 Å². The van der Waals surface area contributed by atoms with Gasteiger partial charge in [-0.15, -0.1) is 0 Å². The summed E-state index contributed by atoms with van der Waals surface area (Å²) >= 11 is 0. The van der Waals surface area contributed by atoms with Gasteiger partial charge in [0.05, 0.1) is 5.69 Å². The van der Waals surface area contributed by atoms with E-state index in [0.717, 1.165) is 48.2 Å².